The summed E-state index contributed by atoms with van der Waals surface area (Å²) in [5, 5.41) is 1.95. The molecule has 0 fully saturated rings. The zero-order valence-electron chi connectivity index (χ0n) is 5.00. The molecule has 0 unspecified atom stereocenters. The van der Waals surface area contributed by atoms with Gasteiger partial charge in [0.2, 0.25) is 0 Å². The summed E-state index contributed by atoms with van der Waals surface area (Å²) in [6, 6.07) is 0. The molecule has 0 radical (unpaired) electrons. The van der Waals surface area contributed by atoms with Crippen molar-refractivity contribution in [3.63, 3.8) is 0 Å². The van der Waals surface area contributed by atoms with E-state index in [4.69, 9.17) is 0 Å². The molecule has 1 rings (SSSR count). The average Bonchev–Trinajstić information content (AvgIpc) is 2.34. The summed E-state index contributed by atoms with van der Waals surface area (Å²) >= 11 is 1.57. The van der Waals surface area contributed by atoms with E-state index in [1.807, 2.05) is 16.1 Å². The summed E-state index contributed by atoms with van der Waals surface area (Å²) in [6.45, 7) is 4.35. The maximum atomic E-state index is 3.58. The van der Waals surface area contributed by atoms with Crippen LogP contribution in [0.3, 0.4) is 0 Å². The van der Waals surface area contributed by atoms with Gasteiger partial charge in [0.25, 0.3) is 0 Å². The summed E-state index contributed by atoms with van der Waals surface area (Å²) in [7, 11) is 0. The Kier molecular flexibility index (Phi) is 2.63. The maximum Gasteiger partial charge on any atom is 0.0307 e. The minimum absolute atomic E-state index is 0.779. The fourth-order valence-corrected chi connectivity index (χ4v) is 0.964. The summed E-state index contributed by atoms with van der Waals surface area (Å²) in [5.41, 5.74) is 5.98. The van der Waals surface area contributed by atoms with Gasteiger partial charge in [-0.3, -0.25) is 0 Å². The molecule has 1 heterocycles. The quantitative estimate of drug-likeness (QED) is 0.447. The van der Waals surface area contributed by atoms with E-state index in [0.29, 0.717) is 0 Å². The monoisotopic (exact) mass is 143 g/mol. The molecule has 2 N–H and O–H groups in total. The minimum atomic E-state index is 0.779. The minimum Gasteiger partial charge on any atom is -0.302 e. The molecule has 0 spiro atoms. The van der Waals surface area contributed by atoms with E-state index >= 15 is 0 Å². The Morgan fingerprint density at radius 1 is 1.89 bits per heavy atom. The predicted octanol–water partition coefficient (Wildman–Crippen LogP) is 0.617. The van der Waals surface area contributed by atoms with Crippen LogP contribution in [0.5, 0.6) is 0 Å². The molecule has 4 heteroatoms. The molecule has 9 heavy (non-hydrogen) atoms. The number of hydrogen-bond acceptors (Lipinski definition) is 4. The number of hydrogen-bond donors (Lipinski definition) is 2. The molecule has 1 aliphatic rings. The van der Waals surface area contributed by atoms with E-state index in [1.165, 1.54) is 0 Å². The molecule has 0 aliphatic carbocycles. The van der Waals surface area contributed by atoms with Gasteiger partial charge >= 0.3 is 0 Å². The SMILES string of the molecule is C=CCNN1NC=CS1. The third-order valence-corrected chi connectivity index (χ3v) is 1.51. The van der Waals surface area contributed by atoms with Crippen LogP contribution in [0, 0.1) is 0 Å². The lowest BCUT2D eigenvalue weighted by atomic mass is 10.7. The molecular formula is C5H9N3S. The van der Waals surface area contributed by atoms with Crippen molar-refractivity contribution in [1.29, 1.82) is 0 Å². The Bertz CT molecular complexity index is 115. The Morgan fingerprint density at radius 3 is 3.33 bits per heavy atom. The molecule has 0 saturated carbocycles. The summed E-state index contributed by atoms with van der Waals surface area (Å²) in [5.74, 6) is 0. The molecule has 0 aromatic carbocycles. The first-order valence-corrected chi connectivity index (χ1v) is 3.49. The highest BCUT2D eigenvalue weighted by Crippen LogP contribution is 2.09. The van der Waals surface area contributed by atoms with Crippen molar-refractivity contribution < 1.29 is 0 Å². The third-order valence-electron chi connectivity index (χ3n) is 0.805. The second kappa shape index (κ2) is 3.55. The van der Waals surface area contributed by atoms with Gasteiger partial charge in [0, 0.05) is 18.2 Å². The van der Waals surface area contributed by atoms with Crippen LogP contribution in [0.4, 0.5) is 0 Å². The maximum absolute atomic E-state index is 3.58. The van der Waals surface area contributed by atoms with Crippen molar-refractivity contribution in [3.05, 3.63) is 24.3 Å². The lowest BCUT2D eigenvalue weighted by Crippen LogP contribution is -2.37. The Hall–Kier alpha value is -0.450. The summed E-state index contributed by atoms with van der Waals surface area (Å²) < 4.78 is 1.81. The molecule has 0 saturated heterocycles. The third kappa shape index (κ3) is 2.09. The smallest absolute Gasteiger partial charge is 0.0307 e. The van der Waals surface area contributed by atoms with Crippen LogP contribution in [0.2, 0.25) is 0 Å². The number of nitrogens with one attached hydrogen (secondary N) is 2. The Morgan fingerprint density at radius 2 is 2.78 bits per heavy atom. The van der Waals surface area contributed by atoms with E-state index < -0.39 is 0 Å². The Balaban J connectivity index is 2.07. The lowest BCUT2D eigenvalue weighted by molar-refractivity contribution is 0.324. The van der Waals surface area contributed by atoms with Crippen molar-refractivity contribution in [2.75, 3.05) is 6.54 Å². The van der Waals surface area contributed by atoms with Crippen LogP contribution in [0.15, 0.2) is 24.3 Å². The Labute approximate surface area is 58.9 Å². The first-order chi connectivity index (χ1) is 4.43. The largest absolute Gasteiger partial charge is 0.302 e. The highest BCUT2D eigenvalue weighted by molar-refractivity contribution is 8.00. The molecule has 1 aliphatic heterocycles. The van der Waals surface area contributed by atoms with E-state index in [0.717, 1.165) is 6.54 Å². The molecule has 0 bridgehead atoms. The molecule has 0 atom stereocenters. The highest BCUT2D eigenvalue weighted by Gasteiger charge is 2.01. The van der Waals surface area contributed by atoms with Gasteiger partial charge in [-0.1, -0.05) is 10.6 Å². The van der Waals surface area contributed by atoms with Crippen LogP contribution >= 0.6 is 11.9 Å². The lowest BCUT2D eigenvalue weighted by Gasteiger charge is -2.12. The van der Waals surface area contributed by atoms with Gasteiger partial charge in [0.1, 0.15) is 0 Å². The number of nitrogens with zero attached hydrogens (tertiary/aromatic N) is 1. The molecule has 0 amide bonds. The molecule has 50 valence electrons. The van der Waals surface area contributed by atoms with E-state index in [-0.39, 0.29) is 0 Å². The normalized spacial score (nSPS) is 17.8. The number of hydrazine groups is 2. The van der Waals surface area contributed by atoms with Gasteiger partial charge in [0.05, 0.1) is 0 Å². The topological polar surface area (TPSA) is 27.3 Å². The van der Waals surface area contributed by atoms with Crippen molar-refractivity contribution in [3.8, 4) is 0 Å². The predicted molar refractivity (Wildman–Crippen MR) is 39.9 cm³/mol. The summed E-state index contributed by atoms with van der Waals surface area (Å²) in [4.78, 5) is 0. The highest BCUT2D eigenvalue weighted by atomic mass is 32.2. The fraction of sp³-hybridized carbons (Fsp3) is 0.200. The van der Waals surface area contributed by atoms with E-state index in [9.17, 15) is 0 Å². The van der Waals surface area contributed by atoms with E-state index in [2.05, 4.69) is 17.4 Å². The summed E-state index contributed by atoms with van der Waals surface area (Å²) in [6.07, 6.45) is 3.67. The average molecular weight is 143 g/mol. The van der Waals surface area contributed by atoms with Crippen LogP contribution in [-0.4, -0.2) is 11.1 Å². The molecular weight excluding hydrogens is 134 g/mol. The molecule has 0 aromatic heterocycles. The second-order valence-electron chi connectivity index (χ2n) is 1.48. The molecule has 0 aromatic rings. The van der Waals surface area contributed by atoms with Gasteiger partial charge in [-0.05, 0) is 11.9 Å². The van der Waals surface area contributed by atoms with Crippen molar-refractivity contribution >= 4 is 11.9 Å². The molecule has 3 nitrogen and oxygen atoms in total. The van der Waals surface area contributed by atoms with E-state index in [1.54, 1.807) is 18.0 Å². The van der Waals surface area contributed by atoms with Gasteiger partial charge in [-0.2, -0.15) is 0 Å². The number of rotatable bonds is 3. The van der Waals surface area contributed by atoms with Crippen molar-refractivity contribution in [2.24, 2.45) is 0 Å². The van der Waals surface area contributed by atoms with Crippen LogP contribution in [-0.2, 0) is 0 Å². The van der Waals surface area contributed by atoms with Crippen molar-refractivity contribution in [1.82, 2.24) is 15.4 Å². The van der Waals surface area contributed by atoms with Gasteiger partial charge in [-0.25, -0.2) is 5.43 Å². The first kappa shape index (κ1) is 6.67. The fourth-order valence-electron chi connectivity index (χ4n) is 0.450. The van der Waals surface area contributed by atoms with Crippen LogP contribution in [0.1, 0.15) is 0 Å². The zero-order chi connectivity index (χ0) is 6.53. The second-order valence-corrected chi connectivity index (χ2v) is 2.33. The van der Waals surface area contributed by atoms with Gasteiger partial charge in [0.15, 0.2) is 0 Å². The van der Waals surface area contributed by atoms with Crippen LogP contribution < -0.4 is 10.9 Å². The van der Waals surface area contributed by atoms with Gasteiger partial charge < -0.3 is 5.43 Å². The van der Waals surface area contributed by atoms with Crippen molar-refractivity contribution in [2.45, 2.75) is 0 Å². The first-order valence-electron chi connectivity index (χ1n) is 2.66. The standard InChI is InChI=1S/C5H9N3S/c1-2-3-6-8-7-4-5-9-8/h2,4-7H,1,3H2. The van der Waals surface area contributed by atoms with Gasteiger partial charge in [-0.15, -0.1) is 6.58 Å². The zero-order valence-corrected chi connectivity index (χ0v) is 5.82. The van der Waals surface area contributed by atoms with Crippen LogP contribution in [0.25, 0.3) is 0 Å².